The first-order valence-electron chi connectivity index (χ1n) is 12.3. The van der Waals surface area contributed by atoms with Gasteiger partial charge in [-0.15, -0.1) is 0 Å². The lowest BCUT2D eigenvalue weighted by Gasteiger charge is -2.18. The van der Waals surface area contributed by atoms with E-state index >= 15 is 0 Å². The molecule has 9 nitrogen and oxygen atoms in total. The molecule has 2 aromatic heterocycles. The highest BCUT2D eigenvalue weighted by atomic mass is 16.5. The third kappa shape index (κ3) is 6.95. The van der Waals surface area contributed by atoms with E-state index in [2.05, 4.69) is 5.32 Å². The number of nitrogens with one attached hydrogen (secondary N) is 1. The summed E-state index contributed by atoms with van der Waals surface area (Å²) in [7, 11) is 0. The van der Waals surface area contributed by atoms with Crippen LogP contribution in [0.5, 0.6) is 5.75 Å². The van der Waals surface area contributed by atoms with Crippen molar-refractivity contribution < 1.29 is 13.6 Å². The molecule has 0 fully saturated rings. The molecule has 200 valence electrons. The third-order valence-corrected chi connectivity index (χ3v) is 5.93. The van der Waals surface area contributed by atoms with E-state index in [-0.39, 0.29) is 17.8 Å². The molecule has 0 saturated carbocycles. The lowest BCUT2D eigenvalue weighted by Crippen LogP contribution is -2.37. The van der Waals surface area contributed by atoms with Gasteiger partial charge in [-0.25, -0.2) is 0 Å². The fourth-order valence-electron chi connectivity index (χ4n) is 3.52. The van der Waals surface area contributed by atoms with Gasteiger partial charge in [-0.05, 0) is 71.7 Å². The Balaban J connectivity index is 0.000000208. The normalized spacial score (nSPS) is 12.3. The van der Waals surface area contributed by atoms with Gasteiger partial charge >= 0.3 is 0 Å². The van der Waals surface area contributed by atoms with Gasteiger partial charge in [-0.2, -0.15) is 0 Å². The monoisotopic (exact) mass is 512 g/mol. The van der Waals surface area contributed by atoms with Crippen molar-refractivity contribution in [3.8, 4) is 5.75 Å². The van der Waals surface area contributed by atoms with Crippen molar-refractivity contribution in [1.82, 2.24) is 0 Å². The van der Waals surface area contributed by atoms with E-state index in [1.54, 1.807) is 20.8 Å². The Bertz CT molecular complexity index is 1440. The highest BCUT2D eigenvalue weighted by molar-refractivity contribution is 5.56. The van der Waals surface area contributed by atoms with Crippen LogP contribution >= 0.6 is 0 Å². The van der Waals surface area contributed by atoms with Crippen LogP contribution in [0.2, 0.25) is 0 Å². The molecule has 37 heavy (non-hydrogen) atoms. The molecule has 0 aliphatic carbocycles. The van der Waals surface area contributed by atoms with E-state index < -0.39 is 21.7 Å². The van der Waals surface area contributed by atoms with Crippen LogP contribution in [0.4, 0.5) is 5.69 Å². The highest BCUT2D eigenvalue weighted by Gasteiger charge is 2.21. The summed E-state index contributed by atoms with van der Waals surface area (Å²) in [5, 5.41) is 3.08. The summed E-state index contributed by atoms with van der Waals surface area (Å²) >= 11 is 0. The van der Waals surface area contributed by atoms with Crippen LogP contribution in [0.15, 0.2) is 52.3 Å². The number of nitrogens with two attached hydrogens (primary N) is 1. The maximum Gasteiger partial charge on any atom is 0.268 e. The van der Waals surface area contributed by atoms with Crippen molar-refractivity contribution in [3.05, 3.63) is 99.3 Å². The van der Waals surface area contributed by atoms with Crippen molar-refractivity contribution in [2.24, 2.45) is 5.73 Å². The van der Waals surface area contributed by atoms with Crippen molar-refractivity contribution >= 4 is 5.69 Å². The lowest BCUT2D eigenvalue weighted by atomic mass is 10.1. The van der Waals surface area contributed by atoms with Crippen LogP contribution in [0.1, 0.15) is 79.9 Å². The maximum atomic E-state index is 11.4. The van der Waals surface area contributed by atoms with Crippen molar-refractivity contribution in [2.75, 3.05) is 11.9 Å². The Kier molecular flexibility index (Phi) is 10.4. The molecule has 0 aliphatic heterocycles. The van der Waals surface area contributed by atoms with Crippen LogP contribution in [0, 0.1) is 27.7 Å². The molecular weight excluding hydrogens is 476 g/mol. The van der Waals surface area contributed by atoms with Gasteiger partial charge < -0.3 is 24.6 Å². The number of furan rings is 2. The summed E-state index contributed by atoms with van der Waals surface area (Å²) < 4.78 is 15.7. The highest BCUT2D eigenvalue weighted by Crippen LogP contribution is 2.24. The molecule has 0 bridgehead atoms. The largest absolute Gasteiger partial charge is 0.489 e. The minimum Gasteiger partial charge on any atom is -0.489 e. The molecule has 3 N–H and O–H groups in total. The van der Waals surface area contributed by atoms with Gasteiger partial charge in [-0.1, -0.05) is 13.8 Å². The predicted octanol–water partition coefficient (Wildman–Crippen LogP) is 4.04. The molecule has 0 amide bonds. The first-order valence-corrected chi connectivity index (χ1v) is 12.3. The van der Waals surface area contributed by atoms with E-state index in [0.29, 0.717) is 23.4 Å². The number of hydrogen-bond acceptors (Lipinski definition) is 9. The Labute approximate surface area is 215 Å². The molecule has 0 aliphatic rings. The first kappa shape index (κ1) is 29.5. The Morgan fingerprint density at radius 2 is 1.30 bits per heavy atom. The second-order valence-electron chi connectivity index (χ2n) is 8.72. The molecular formula is C28H36N2O7. The lowest BCUT2D eigenvalue weighted by molar-refractivity contribution is 0.330. The summed E-state index contributed by atoms with van der Waals surface area (Å²) in [6, 6.07) is 7.64. The zero-order valence-corrected chi connectivity index (χ0v) is 22.5. The van der Waals surface area contributed by atoms with Gasteiger partial charge in [0.2, 0.25) is 16.3 Å². The Morgan fingerprint density at radius 3 is 1.70 bits per heavy atom. The molecule has 2 atom stereocenters. The maximum absolute atomic E-state index is 11.4. The van der Waals surface area contributed by atoms with Crippen LogP contribution in [0.3, 0.4) is 0 Å². The third-order valence-electron chi connectivity index (χ3n) is 5.93. The Morgan fingerprint density at radius 1 is 0.757 bits per heavy atom. The number of hydrogen-bond donors (Lipinski definition) is 2. The van der Waals surface area contributed by atoms with Gasteiger partial charge in [0, 0.05) is 11.1 Å². The molecule has 9 heteroatoms. The zero-order valence-electron chi connectivity index (χ0n) is 22.5. The number of anilines is 1. The second-order valence-corrected chi connectivity index (χ2v) is 8.72. The van der Waals surface area contributed by atoms with Crippen LogP contribution in [-0.4, -0.2) is 6.61 Å². The van der Waals surface area contributed by atoms with Crippen molar-refractivity contribution in [2.45, 2.75) is 73.4 Å². The fraction of sp³-hybridized carbons (Fsp3) is 0.429. The summed E-state index contributed by atoms with van der Waals surface area (Å²) in [6.45, 7) is 13.3. The van der Waals surface area contributed by atoms with Gasteiger partial charge in [0.1, 0.15) is 23.0 Å². The average Bonchev–Trinajstić information content (AvgIpc) is 3.54. The minimum atomic E-state index is -0.487. The van der Waals surface area contributed by atoms with E-state index in [4.69, 9.17) is 19.3 Å². The molecule has 0 unspecified atom stereocenters. The molecule has 0 saturated heterocycles. The van der Waals surface area contributed by atoms with Crippen molar-refractivity contribution in [3.63, 3.8) is 0 Å². The molecule has 2 aromatic carbocycles. The Hall–Kier alpha value is -3.72. The smallest absolute Gasteiger partial charge is 0.268 e. The van der Waals surface area contributed by atoms with Gasteiger partial charge in [-0.3, -0.25) is 19.2 Å². The number of rotatable bonds is 8. The van der Waals surface area contributed by atoms with E-state index in [1.165, 1.54) is 0 Å². The molecule has 0 radical (unpaired) electrons. The molecule has 4 aromatic rings. The minimum absolute atomic E-state index is 0.0636. The van der Waals surface area contributed by atoms with E-state index in [9.17, 15) is 19.2 Å². The quantitative estimate of drug-likeness (QED) is 0.334. The number of aryl methyl sites for hydroxylation is 2. The zero-order chi connectivity index (χ0) is 27.9. The molecule has 4 rings (SSSR count). The van der Waals surface area contributed by atoms with Crippen LogP contribution < -0.4 is 37.5 Å². The van der Waals surface area contributed by atoms with E-state index in [0.717, 1.165) is 35.9 Å². The topological polar surface area (TPSA) is 142 Å². The first-order chi connectivity index (χ1) is 17.5. The fourth-order valence-corrected chi connectivity index (χ4v) is 3.52. The van der Waals surface area contributed by atoms with Crippen molar-refractivity contribution in [1.29, 1.82) is 0 Å². The second kappa shape index (κ2) is 13.0. The SMILES string of the molecule is CCOc1c(C)c(=O)c1=O.CC[C@@H](N)c1ccc(C)o1.CC[C@@H](Nc1c(C)c(=O)c1=O)c1ccc(C)o1. The summed E-state index contributed by atoms with van der Waals surface area (Å²) in [5.74, 6) is 3.69. The van der Waals surface area contributed by atoms with Gasteiger partial charge in [0.15, 0.2) is 5.75 Å². The van der Waals surface area contributed by atoms with Crippen LogP contribution in [0.25, 0.3) is 0 Å². The summed E-state index contributed by atoms with van der Waals surface area (Å²) in [4.78, 5) is 43.7. The van der Waals surface area contributed by atoms with E-state index in [1.807, 2.05) is 52.0 Å². The standard InChI is InChI=1S/C13H15NO3.C8H13NO.C7H8O3/c1-4-9(10-6-5-7(2)17-10)14-11-8(3)12(15)13(11)16;1-3-7(9)8-5-4-6(2)10-8;1-3-10-7-4(2)5(8)6(7)9/h5-6,9,14H,4H2,1-3H3;4-5,7H,3,9H2,1-2H3;3H2,1-2H3/t9-;7-;/m11./s1. The van der Waals surface area contributed by atoms with Gasteiger partial charge in [0.25, 0.3) is 5.43 Å². The average molecular weight is 513 g/mol. The summed E-state index contributed by atoms with van der Waals surface area (Å²) in [5.41, 5.74) is 5.38. The molecule has 0 spiro atoms. The van der Waals surface area contributed by atoms with Gasteiger partial charge in [0.05, 0.1) is 24.4 Å². The predicted molar refractivity (Wildman–Crippen MR) is 144 cm³/mol. The van der Waals surface area contributed by atoms with Crippen LogP contribution in [-0.2, 0) is 0 Å². The summed E-state index contributed by atoms with van der Waals surface area (Å²) in [6.07, 6.45) is 1.71. The number of ether oxygens (including phenoxy) is 1. The molecule has 2 heterocycles.